The third kappa shape index (κ3) is 3.31. The molecule has 0 saturated carbocycles. The molecule has 2 nitrogen and oxygen atoms in total. The molecule has 2 aromatic carbocycles. The molecule has 90 valence electrons. The second-order valence-electron chi connectivity index (χ2n) is 3.80. The third-order valence-corrected chi connectivity index (χ3v) is 2.95. The first kappa shape index (κ1) is 12.6. The van der Waals surface area contributed by atoms with E-state index >= 15 is 0 Å². The zero-order chi connectivity index (χ0) is 13.0. The predicted octanol–water partition coefficient (Wildman–Crippen LogP) is 4.05. The molecule has 0 atom stereocenters. The van der Waals surface area contributed by atoms with Crippen molar-refractivity contribution in [2.45, 2.75) is 0 Å². The number of phenols is 1. The van der Waals surface area contributed by atoms with Gasteiger partial charge in [-0.15, -0.1) is 0 Å². The van der Waals surface area contributed by atoms with Gasteiger partial charge in [0.1, 0.15) is 5.75 Å². The second-order valence-corrected chi connectivity index (χ2v) is 4.72. The van der Waals surface area contributed by atoms with Crippen LogP contribution in [0.15, 0.2) is 59.1 Å². The lowest BCUT2D eigenvalue weighted by Crippen LogP contribution is -1.92. The molecular weight excluding hydrogens is 292 g/mol. The van der Waals surface area contributed by atoms with Crippen molar-refractivity contribution in [1.29, 1.82) is 0 Å². The summed E-state index contributed by atoms with van der Waals surface area (Å²) < 4.78 is 0.941. The molecule has 0 fully saturated rings. The Morgan fingerprint density at radius 3 is 2.50 bits per heavy atom. The van der Waals surface area contributed by atoms with Crippen molar-refractivity contribution in [3.05, 3.63) is 70.2 Å². The van der Waals surface area contributed by atoms with Crippen molar-refractivity contribution < 1.29 is 9.90 Å². The molecule has 1 N–H and O–H groups in total. The molecule has 3 heteroatoms. The Kier molecular flexibility index (Phi) is 3.95. The van der Waals surface area contributed by atoms with Crippen LogP contribution in [0.5, 0.6) is 5.75 Å². The average molecular weight is 303 g/mol. The molecule has 0 radical (unpaired) electrons. The van der Waals surface area contributed by atoms with Crippen LogP contribution in [0.25, 0.3) is 6.08 Å². The smallest absolute Gasteiger partial charge is 0.185 e. The van der Waals surface area contributed by atoms with Crippen molar-refractivity contribution in [2.75, 3.05) is 0 Å². The molecule has 0 aliphatic rings. The number of phenolic OH excluding ortho intramolecular Hbond substituents is 1. The molecule has 0 amide bonds. The molecule has 0 aromatic heterocycles. The zero-order valence-electron chi connectivity index (χ0n) is 9.51. The number of carbonyl (C=O) groups is 1. The lowest BCUT2D eigenvalue weighted by atomic mass is 10.1. The average Bonchev–Trinajstić information content (AvgIpc) is 2.37. The maximum atomic E-state index is 11.8. The van der Waals surface area contributed by atoms with Gasteiger partial charge in [-0.2, -0.15) is 0 Å². The van der Waals surface area contributed by atoms with E-state index in [9.17, 15) is 9.90 Å². The Labute approximate surface area is 114 Å². The van der Waals surface area contributed by atoms with Gasteiger partial charge in [0.15, 0.2) is 5.78 Å². The van der Waals surface area contributed by atoms with Crippen LogP contribution in [0.2, 0.25) is 0 Å². The van der Waals surface area contributed by atoms with Crippen LogP contribution >= 0.6 is 15.9 Å². The summed E-state index contributed by atoms with van der Waals surface area (Å²) in [5.41, 5.74) is 1.43. The normalized spacial score (nSPS) is 10.7. The lowest BCUT2D eigenvalue weighted by molar-refractivity contribution is 0.104. The number of carbonyl (C=O) groups excluding carboxylic acids is 1. The molecule has 0 bridgehead atoms. The lowest BCUT2D eigenvalue weighted by Gasteiger charge is -1.97. The molecule has 0 spiro atoms. The fourth-order valence-corrected chi connectivity index (χ4v) is 1.78. The van der Waals surface area contributed by atoms with Crippen LogP contribution < -0.4 is 0 Å². The van der Waals surface area contributed by atoms with E-state index in [-0.39, 0.29) is 11.5 Å². The number of hydrogen-bond acceptors (Lipinski definition) is 2. The molecule has 0 aliphatic heterocycles. The molecule has 18 heavy (non-hydrogen) atoms. The summed E-state index contributed by atoms with van der Waals surface area (Å²) in [6.07, 6.45) is 3.18. The highest BCUT2D eigenvalue weighted by atomic mass is 79.9. The first-order valence-electron chi connectivity index (χ1n) is 5.42. The summed E-state index contributed by atoms with van der Waals surface area (Å²) in [5.74, 6) is 0.124. The highest BCUT2D eigenvalue weighted by Gasteiger charge is 2.00. The molecular formula is C15H11BrO2. The van der Waals surface area contributed by atoms with Gasteiger partial charge in [-0.3, -0.25) is 4.79 Å². The van der Waals surface area contributed by atoms with Gasteiger partial charge in [0.05, 0.1) is 0 Å². The van der Waals surface area contributed by atoms with E-state index < -0.39 is 0 Å². The van der Waals surface area contributed by atoms with E-state index in [0.717, 1.165) is 10.0 Å². The first-order valence-corrected chi connectivity index (χ1v) is 6.21. The summed E-state index contributed by atoms with van der Waals surface area (Å²) >= 11 is 3.32. The molecule has 2 rings (SSSR count). The highest BCUT2D eigenvalue weighted by molar-refractivity contribution is 9.10. The number of hydrogen-bond donors (Lipinski definition) is 1. The monoisotopic (exact) mass is 302 g/mol. The minimum atomic E-state index is -0.0640. The van der Waals surface area contributed by atoms with E-state index in [0.29, 0.717) is 5.56 Å². The van der Waals surface area contributed by atoms with Crippen LogP contribution in [0, 0.1) is 0 Å². The zero-order valence-corrected chi connectivity index (χ0v) is 11.1. The van der Waals surface area contributed by atoms with Crippen molar-refractivity contribution in [3.8, 4) is 5.75 Å². The van der Waals surface area contributed by atoms with Gasteiger partial charge in [0.25, 0.3) is 0 Å². The predicted molar refractivity (Wildman–Crippen MR) is 75.6 cm³/mol. The van der Waals surface area contributed by atoms with Gasteiger partial charge in [0, 0.05) is 10.0 Å². The summed E-state index contributed by atoms with van der Waals surface area (Å²) in [4.78, 5) is 11.8. The molecule has 0 aliphatic carbocycles. The van der Waals surface area contributed by atoms with E-state index in [2.05, 4.69) is 15.9 Å². The van der Waals surface area contributed by atoms with Gasteiger partial charge >= 0.3 is 0 Å². The number of halogens is 1. The van der Waals surface area contributed by atoms with Gasteiger partial charge in [0.2, 0.25) is 0 Å². The SMILES string of the molecule is O=C(C=Cc1cccc(O)c1)c1ccc(Br)cc1. The number of allylic oxidation sites excluding steroid dienone is 1. The quantitative estimate of drug-likeness (QED) is 0.686. The highest BCUT2D eigenvalue weighted by Crippen LogP contribution is 2.14. The van der Waals surface area contributed by atoms with Crippen LogP contribution in [0.1, 0.15) is 15.9 Å². The van der Waals surface area contributed by atoms with E-state index in [1.54, 1.807) is 36.4 Å². The fraction of sp³-hybridized carbons (Fsp3) is 0. The first-order chi connectivity index (χ1) is 8.65. The van der Waals surface area contributed by atoms with Crippen LogP contribution in [0.4, 0.5) is 0 Å². The Balaban J connectivity index is 2.14. The Morgan fingerprint density at radius 2 is 1.83 bits per heavy atom. The maximum Gasteiger partial charge on any atom is 0.185 e. The second kappa shape index (κ2) is 5.65. The minimum Gasteiger partial charge on any atom is -0.508 e. The largest absolute Gasteiger partial charge is 0.508 e. The van der Waals surface area contributed by atoms with Crippen molar-refractivity contribution >= 4 is 27.8 Å². The number of benzene rings is 2. The van der Waals surface area contributed by atoms with Crippen LogP contribution in [-0.2, 0) is 0 Å². The summed E-state index contributed by atoms with van der Waals surface area (Å²) in [7, 11) is 0. The third-order valence-electron chi connectivity index (χ3n) is 2.43. The standard InChI is InChI=1S/C15H11BrO2/c16-13-7-5-12(6-8-13)15(18)9-4-11-2-1-3-14(17)10-11/h1-10,17H. The molecule has 0 saturated heterocycles. The minimum absolute atomic E-state index is 0.0640. The summed E-state index contributed by atoms with van der Waals surface area (Å²) in [5, 5.41) is 9.30. The van der Waals surface area contributed by atoms with Crippen molar-refractivity contribution in [2.24, 2.45) is 0 Å². The fourth-order valence-electron chi connectivity index (χ4n) is 1.51. The van der Waals surface area contributed by atoms with Crippen LogP contribution in [-0.4, -0.2) is 10.9 Å². The van der Waals surface area contributed by atoms with Gasteiger partial charge in [-0.05, 0) is 48.0 Å². The van der Waals surface area contributed by atoms with Crippen molar-refractivity contribution in [1.82, 2.24) is 0 Å². The van der Waals surface area contributed by atoms with Gasteiger partial charge in [-0.1, -0.05) is 34.1 Å². The Bertz CT molecular complexity index is 586. The molecule has 0 unspecified atom stereocenters. The van der Waals surface area contributed by atoms with Gasteiger partial charge in [-0.25, -0.2) is 0 Å². The molecule has 0 heterocycles. The van der Waals surface area contributed by atoms with E-state index in [1.165, 1.54) is 6.08 Å². The van der Waals surface area contributed by atoms with E-state index in [1.807, 2.05) is 18.2 Å². The molecule has 2 aromatic rings. The number of rotatable bonds is 3. The summed E-state index contributed by atoms with van der Waals surface area (Å²) in [6, 6.07) is 13.9. The number of aromatic hydroxyl groups is 1. The topological polar surface area (TPSA) is 37.3 Å². The Morgan fingerprint density at radius 1 is 1.11 bits per heavy atom. The van der Waals surface area contributed by atoms with E-state index in [4.69, 9.17) is 0 Å². The Hall–Kier alpha value is -1.87. The van der Waals surface area contributed by atoms with Gasteiger partial charge < -0.3 is 5.11 Å². The number of ketones is 1. The van der Waals surface area contributed by atoms with Crippen molar-refractivity contribution in [3.63, 3.8) is 0 Å². The summed E-state index contributed by atoms with van der Waals surface area (Å²) in [6.45, 7) is 0. The van der Waals surface area contributed by atoms with Crippen LogP contribution in [0.3, 0.4) is 0 Å². The maximum absolute atomic E-state index is 11.8.